The maximum absolute atomic E-state index is 13.6. The highest BCUT2D eigenvalue weighted by Crippen LogP contribution is 2.36. The molecule has 0 radical (unpaired) electrons. The van der Waals surface area contributed by atoms with Crippen LogP contribution in [0, 0.1) is 11.6 Å². The van der Waals surface area contributed by atoms with Gasteiger partial charge in [-0.3, -0.25) is 0 Å². The second-order valence-electron chi connectivity index (χ2n) is 4.99. The summed E-state index contributed by atoms with van der Waals surface area (Å²) in [6.07, 6.45) is 0. The molecule has 0 saturated heterocycles. The van der Waals surface area contributed by atoms with Crippen LogP contribution in [-0.2, 0) is 5.88 Å². The van der Waals surface area contributed by atoms with Crippen LogP contribution in [0.4, 0.5) is 8.78 Å². The van der Waals surface area contributed by atoms with E-state index in [0.29, 0.717) is 5.88 Å². The average molecular weight is 315 g/mol. The largest absolute Gasteiger partial charge is 0.207 e. The van der Waals surface area contributed by atoms with Crippen LogP contribution in [0.15, 0.2) is 66.7 Å². The molecule has 3 rings (SSSR count). The minimum absolute atomic E-state index is 0.301. The van der Waals surface area contributed by atoms with E-state index in [1.165, 1.54) is 24.3 Å². The molecule has 0 aliphatic rings. The van der Waals surface area contributed by atoms with Crippen molar-refractivity contribution < 1.29 is 8.78 Å². The number of hydrogen-bond donors (Lipinski definition) is 0. The summed E-state index contributed by atoms with van der Waals surface area (Å²) in [6, 6.07) is 18.4. The molecule has 0 aliphatic heterocycles. The van der Waals surface area contributed by atoms with Gasteiger partial charge in [-0.15, -0.1) is 11.6 Å². The third-order valence-electron chi connectivity index (χ3n) is 3.54. The van der Waals surface area contributed by atoms with Crippen molar-refractivity contribution in [1.82, 2.24) is 0 Å². The molecule has 22 heavy (non-hydrogen) atoms. The molecule has 0 saturated carbocycles. The summed E-state index contributed by atoms with van der Waals surface area (Å²) < 4.78 is 27.1. The summed E-state index contributed by atoms with van der Waals surface area (Å²) >= 11 is 6.04. The Balaban J connectivity index is 2.27. The molecule has 0 amide bonds. The first kappa shape index (κ1) is 14.7. The van der Waals surface area contributed by atoms with E-state index in [9.17, 15) is 8.78 Å². The van der Waals surface area contributed by atoms with E-state index in [0.717, 1.165) is 27.8 Å². The monoisotopic (exact) mass is 314 g/mol. The summed E-state index contributed by atoms with van der Waals surface area (Å²) in [4.78, 5) is 0. The minimum Gasteiger partial charge on any atom is -0.207 e. The van der Waals surface area contributed by atoms with Crippen molar-refractivity contribution in [2.45, 2.75) is 5.88 Å². The van der Waals surface area contributed by atoms with Crippen molar-refractivity contribution in [2.24, 2.45) is 0 Å². The Morgan fingerprint density at radius 2 is 1.32 bits per heavy atom. The Morgan fingerprint density at radius 1 is 0.727 bits per heavy atom. The van der Waals surface area contributed by atoms with Crippen molar-refractivity contribution in [2.75, 3.05) is 0 Å². The molecule has 3 aromatic carbocycles. The topological polar surface area (TPSA) is 0 Å². The fourth-order valence-corrected chi connectivity index (χ4v) is 2.82. The summed E-state index contributed by atoms with van der Waals surface area (Å²) in [5, 5.41) is 0. The number of rotatable bonds is 3. The third-order valence-corrected chi connectivity index (χ3v) is 3.83. The Bertz CT molecular complexity index is 812. The van der Waals surface area contributed by atoms with E-state index < -0.39 is 0 Å². The van der Waals surface area contributed by atoms with Gasteiger partial charge < -0.3 is 0 Å². The van der Waals surface area contributed by atoms with Gasteiger partial charge in [0.1, 0.15) is 11.6 Å². The third kappa shape index (κ3) is 2.88. The fraction of sp³-hybridized carbons (Fsp3) is 0.0526. The van der Waals surface area contributed by atoms with Crippen molar-refractivity contribution in [3.63, 3.8) is 0 Å². The van der Waals surface area contributed by atoms with E-state index in [1.807, 2.05) is 30.3 Å². The molecule has 0 atom stereocenters. The Morgan fingerprint density at radius 3 is 1.95 bits per heavy atom. The second-order valence-corrected chi connectivity index (χ2v) is 5.26. The zero-order valence-electron chi connectivity index (χ0n) is 11.7. The number of alkyl halides is 1. The Kier molecular flexibility index (Phi) is 4.21. The smallest absolute Gasteiger partial charge is 0.123 e. The number of benzene rings is 3. The van der Waals surface area contributed by atoms with Crippen LogP contribution in [0.2, 0.25) is 0 Å². The molecule has 0 spiro atoms. The first-order valence-corrected chi connectivity index (χ1v) is 7.42. The van der Waals surface area contributed by atoms with Gasteiger partial charge in [0.05, 0.1) is 0 Å². The predicted molar refractivity (Wildman–Crippen MR) is 86.8 cm³/mol. The molecule has 0 N–H and O–H groups in total. The van der Waals surface area contributed by atoms with Gasteiger partial charge in [-0.1, -0.05) is 42.5 Å². The van der Waals surface area contributed by atoms with Gasteiger partial charge in [0.25, 0.3) is 0 Å². The van der Waals surface area contributed by atoms with Gasteiger partial charge in [-0.25, -0.2) is 8.78 Å². The average Bonchev–Trinajstić information content (AvgIpc) is 2.54. The van der Waals surface area contributed by atoms with Crippen molar-refractivity contribution in [1.29, 1.82) is 0 Å². The van der Waals surface area contributed by atoms with Crippen LogP contribution in [-0.4, -0.2) is 0 Å². The molecule has 0 nitrogen and oxygen atoms in total. The molecule has 0 heterocycles. The van der Waals surface area contributed by atoms with E-state index in [1.54, 1.807) is 12.1 Å². The van der Waals surface area contributed by atoms with Gasteiger partial charge in [0.15, 0.2) is 0 Å². The molecular formula is C19H13ClF2. The molecular weight excluding hydrogens is 302 g/mol. The van der Waals surface area contributed by atoms with Crippen LogP contribution in [0.25, 0.3) is 22.3 Å². The van der Waals surface area contributed by atoms with Gasteiger partial charge in [0.2, 0.25) is 0 Å². The van der Waals surface area contributed by atoms with Crippen LogP contribution in [0.5, 0.6) is 0 Å². The van der Waals surface area contributed by atoms with Crippen molar-refractivity contribution >= 4 is 11.6 Å². The van der Waals surface area contributed by atoms with Crippen LogP contribution in [0.3, 0.4) is 0 Å². The lowest BCUT2D eigenvalue weighted by Gasteiger charge is -2.14. The van der Waals surface area contributed by atoms with Crippen molar-refractivity contribution in [3.8, 4) is 22.3 Å². The quantitative estimate of drug-likeness (QED) is 0.517. The van der Waals surface area contributed by atoms with Gasteiger partial charge in [-0.05, 0) is 52.1 Å². The Labute approximate surface area is 133 Å². The number of hydrogen-bond acceptors (Lipinski definition) is 0. The van der Waals surface area contributed by atoms with E-state index >= 15 is 0 Å². The highest BCUT2D eigenvalue weighted by Gasteiger charge is 2.13. The summed E-state index contributed by atoms with van der Waals surface area (Å²) in [7, 11) is 0. The molecule has 0 unspecified atom stereocenters. The first-order valence-electron chi connectivity index (χ1n) is 6.89. The Hall–Kier alpha value is -2.19. The minimum atomic E-state index is -0.313. The van der Waals surface area contributed by atoms with Crippen LogP contribution >= 0.6 is 11.6 Å². The highest BCUT2D eigenvalue weighted by molar-refractivity contribution is 6.17. The maximum atomic E-state index is 13.6. The number of halogens is 3. The van der Waals surface area contributed by atoms with Gasteiger partial charge in [-0.2, -0.15) is 0 Å². The molecule has 0 fully saturated rings. The first-order chi connectivity index (χ1) is 10.7. The van der Waals surface area contributed by atoms with E-state index in [-0.39, 0.29) is 11.6 Å². The molecule has 0 bridgehead atoms. The highest BCUT2D eigenvalue weighted by atomic mass is 35.5. The van der Waals surface area contributed by atoms with E-state index in [2.05, 4.69) is 0 Å². The lowest BCUT2D eigenvalue weighted by molar-refractivity contribution is 0.627. The SMILES string of the molecule is Fc1cccc(-c2cccc(CCl)c2-c2cccc(F)c2)c1. The van der Waals surface area contributed by atoms with Crippen molar-refractivity contribution in [3.05, 3.63) is 83.9 Å². The zero-order chi connectivity index (χ0) is 15.5. The zero-order valence-corrected chi connectivity index (χ0v) is 12.4. The fourth-order valence-electron chi connectivity index (χ4n) is 2.59. The molecule has 3 heteroatoms. The molecule has 0 aromatic heterocycles. The maximum Gasteiger partial charge on any atom is 0.123 e. The predicted octanol–water partition coefficient (Wildman–Crippen LogP) is 6.04. The lowest BCUT2D eigenvalue weighted by atomic mass is 9.91. The van der Waals surface area contributed by atoms with Gasteiger partial charge >= 0.3 is 0 Å². The van der Waals surface area contributed by atoms with Crippen LogP contribution in [0.1, 0.15) is 5.56 Å². The summed E-state index contributed by atoms with van der Waals surface area (Å²) in [5.41, 5.74) is 4.03. The molecule has 110 valence electrons. The lowest BCUT2D eigenvalue weighted by Crippen LogP contribution is -1.92. The molecule has 3 aromatic rings. The normalized spacial score (nSPS) is 10.7. The van der Waals surface area contributed by atoms with Gasteiger partial charge in [0, 0.05) is 5.88 Å². The summed E-state index contributed by atoms with van der Waals surface area (Å²) in [5.74, 6) is -0.319. The molecule has 0 aliphatic carbocycles. The van der Waals surface area contributed by atoms with Crippen LogP contribution < -0.4 is 0 Å². The van der Waals surface area contributed by atoms with E-state index in [4.69, 9.17) is 11.6 Å². The summed E-state index contributed by atoms with van der Waals surface area (Å²) in [6.45, 7) is 0. The second kappa shape index (κ2) is 6.29. The standard InChI is InChI=1S/C19H13ClF2/c20-12-15-6-3-9-18(13-4-1-7-16(21)10-13)19(15)14-5-2-8-17(22)11-14/h1-11H,12H2.